The standard InChI is InChI=1S/C15H24FNO2/c1-11(2)19-9-5-4-8-17-12(3)14-7-6-13(16)10-15(14)18/h6-7,10-12,17-18H,4-5,8-9H2,1-3H3. The van der Waals surface area contributed by atoms with Crippen LogP contribution in [0.2, 0.25) is 0 Å². The van der Waals surface area contributed by atoms with Crippen molar-refractivity contribution in [1.82, 2.24) is 5.32 Å². The molecular weight excluding hydrogens is 245 g/mol. The molecule has 0 amide bonds. The predicted octanol–water partition coefficient (Wildman–Crippen LogP) is 3.39. The van der Waals surface area contributed by atoms with Crippen molar-refractivity contribution in [2.45, 2.75) is 45.8 Å². The molecule has 0 fully saturated rings. The zero-order valence-corrected chi connectivity index (χ0v) is 11.9. The second-order valence-corrected chi connectivity index (χ2v) is 5.01. The van der Waals surface area contributed by atoms with Gasteiger partial charge in [-0.05, 0) is 46.2 Å². The Morgan fingerprint density at radius 3 is 2.63 bits per heavy atom. The van der Waals surface area contributed by atoms with Gasteiger partial charge in [-0.25, -0.2) is 4.39 Å². The van der Waals surface area contributed by atoms with Gasteiger partial charge >= 0.3 is 0 Å². The molecule has 1 rings (SSSR count). The Balaban J connectivity index is 2.25. The van der Waals surface area contributed by atoms with Gasteiger partial charge in [-0.15, -0.1) is 0 Å². The average molecular weight is 269 g/mol. The van der Waals surface area contributed by atoms with Crippen LogP contribution in [0.3, 0.4) is 0 Å². The summed E-state index contributed by atoms with van der Waals surface area (Å²) in [5, 5.41) is 13.0. The summed E-state index contributed by atoms with van der Waals surface area (Å²) in [6.07, 6.45) is 2.30. The molecule has 0 saturated carbocycles. The number of phenolic OH excluding ortho intramolecular Hbond substituents is 1. The molecule has 0 aliphatic heterocycles. The first kappa shape index (κ1) is 15.9. The van der Waals surface area contributed by atoms with Gasteiger partial charge in [0.2, 0.25) is 0 Å². The molecule has 0 aliphatic rings. The van der Waals surface area contributed by atoms with Crippen LogP contribution in [0.15, 0.2) is 18.2 Å². The largest absolute Gasteiger partial charge is 0.508 e. The van der Waals surface area contributed by atoms with Gasteiger partial charge < -0.3 is 15.2 Å². The second-order valence-electron chi connectivity index (χ2n) is 5.01. The molecule has 0 aliphatic carbocycles. The number of rotatable bonds is 8. The minimum absolute atomic E-state index is 0.00291. The first-order valence-corrected chi connectivity index (χ1v) is 6.84. The Bertz CT molecular complexity index is 382. The van der Waals surface area contributed by atoms with Crippen LogP contribution in [-0.4, -0.2) is 24.4 Å². The van der Waals surface area contributed by atoms with Gasteiger partial charge in [0.15, 0.2) is 0 Å². The minimum atomic E-state index is -0.417. The van der Waals surface area contributed by atoms with E-state index in [0.29, 0.717) is 0 Å². The van der Waals surface area contributed by atoms with E-state index in [2.05, 4.69) is 5.32 Å². The van der Waals surface area contributed by atoms with E-state index in [0.717, 1.165) is 37.6 Å². The lowest BCUT2D eigenvalue weighted by Gasteiger charge is -2.15. The van der Waals surface area contributed by atoms with E-state index in [4.69, 9.17) is 4.74 Å². The van der Waals surface area contributed by atoms with E-state index in [1.165, 1.54) is 6.07 Å². The Kier molecular flexibility index (Phi) is 6.81. The molecule has 0 aromatic heterocycles. The molecule has 1 unspecified atom stereocenters. The fraction of sp³-hybridized carbons (Fsp3) is 0.600. The van der Waals surface area contributed by atoms with Crippen LogP contribution in [0.1, 0.15) is 45.2 Å². The van der Waals surface area contributed by atoms with Crippen molar-refractivity contribution < 1.29 is 14.2 Å². The van der Waals surface area contributed by atoms with Crippen molar-refractivity contribution in [3.8, 4) is 5.75 Å². The summed E-state index contributed by atoms with van der Waals surface area (Å²) in [6, 6.07) is 4.13. The van der Waals surface area contributed by atoms with E-state index < -0.39 is 5.82 Å². The third-order valence-corrected chi connectivity index (χ3v) is 2.93. The van der Waals surface area contributed by atoms with Crippen molar-refractivity contribution >= 4 is 0 Å². The predicted molar refractivity (Wildman–Crippen MR) is 74.8 cm³/mol. The number of hydrogen-bond acceptors (Lipinski definition) is 3. The third kappa shape index (κ3) is 6.03. The monoisotopic (exact) mass is 269 g/mol. The topological polar surface area (TPSA) is 41.5 Å². The first-order valence-electron chi connectivity index (χ1n) is 6.84. The maximum Gasteiger partial charge on any atom is 0.126 e. The number of nitrogens with one attached hydrogen (secondary N) is 1. The zero-order valence-electron chi connectivity index (χ0n) is 11.9. The molecule has 3 nitrogen and oxygen atoms in total. The van der Waals surface area contributed by atoms with Crippen LogP contribution >= 0.6 is 0 Å². The Labute approximate surface area is 114 Å². The highest BCUT2D eigenvalue weighted by atomic mass is 19.1. The molecule has 1 aromatic rings. The highest BCUT2D eigenvalue weighted by molar-refractivity contribution is 5.34. The summed E-state index contributed by atoms with van der Waals surface area (Å²) in [5.74, 6) is -0.414. The lowest BCUT2D eigenvalue weighted by Crippen LogP contribution is -2.20. The van der Waals surface area contributed by atoms with E-state index in [1.54, 1.807) is 6.07 Å². The number of phenols is 1. The van der Waals surface area contributed by atoms with Crippen LogP contribution in [-0.2, 0) is 4.74 Å². The van der Waals surface area contributed by atoms with Crippen molar-refractivity contribution in [1.29, 1.82) is 0 Å². The number of benzene rings is 1. The van der Waals surface area contributed by atoms with E-state index in [1.807, 2.05) is 20.8 Å². The molecule has 0 saturated heterocycles. The smallest absolute Gasteiger partial charge is 0.126 e. The summed E-state index contributed by atoms with van der Waals surface area (Å²) >= 11 is 0. The Morgan fingerprint density at radius 2 is 2.00 bits per heavy atom. The van der Waals surface area contributed by atoms with Crippen LogP contribution in [0, 0.1) is 5.82 Å². The molecule has 19 heavy (non-hydrogen) atoms. The zero-order chi connectivity index (χ0) is 14.3. The van der Waals surface area contributed by atoms with Gasteiger partial charge in [0.05, 0.1) is 6.10 Å². The highest BCUT2D eigenvalue weighted by Crippen LogP contribution is 2.24. The lowest BCUT2D eigenvalue weighted by atomic mass is 10.1. The van der Waals surface area contributed by atoms with Crippen LogP contribution < -0.4 is 5.32 Å². The highest BCUT2D eigenvalue weighted by Gasteiger charge is 2.10. The maximum atomic E-state index is 12.9. The number of unbranched alkanes of at least 4 members (excludes halogenated alkanes) is 1. The molecule has 0 radical (unpaired) electrons. The fourth-order valence-corrected chi connectivity index (χ4v) is 1.86. The second kappa shape index (κ2) is 8.12. The molecule has 1 atom stereocenters. The molecular formula is C15H24FNO2. The molecule has 108 valence electrons. The molecule has 1 aromatic carbocycles. The lowest BCUT2D eigenvalue weighted by molar-refractivity contribution is 0.0759. The Morgan fingerprint density at radius 1 is 1.26 bits per heavy atom. The van der Waals surface area contributed by atoms with Gasteiger partial charge in [-0.1, -0.05) is 6.07 Å². The van der Waals surface area contributed by atoms with E-state index in [9.17, 15) is 9.50 Å². The normalized spacial score (nSPS) is 12.9. The van der Waals surface area contributed by atoms with Crippen molar-refractivity contribution in [3.05, 3.63) is 29.6 Å². The van der Waals surface area contributed by atoms with Crippen molar-refractivity contribution in [2.24, 2.45) is 0 Å². The number of halogens is 1. The van der Waals surface area contributed by atoms with Crippen molar-refractivity contribution in [3.63, 3.8) is 0 Å². The fourth-order valence-electron chi connectivity index (χ4n) is 1.86. The summed E-state index contributed by atoms with van der Waals surface area (Å²) in [6.45, 7) is 7.63. The number of aromatic hydroxyl groups is 1. The van der Waals surface area contributed by atoms with E-state index in [-0.39, 0.29) is 17.9 Å². The number of hydrogen-bond donors (Lipinski definition) is 2. The van der Waals surface area contributed by atoms with Gasteiger partial charge in [0.1, 0.15) is 11.6 Å². The van der Waals surface area contributed by atoms with Gasteiger partial charge in [-0.2, -0.15) is 0 Å². The van der Waals surface area contributed by atoms with Gasteiger partial charge in [0.25, 0.3) is 0 Å². The van der Waals surface area contributed by atoms with Crippen molar-refractivity contribution in [2.75, 3.05) is 13.2 Å². The third-order valence-electron chi connectivity index (χ3n) is 2.93. The molecule has 0 spiro atoms. The summed E-state index contributed by atoms with van der Waals surface area (Å²) in [5.41, 5.74) is 0.722. The van der Waals surface area contributed by atoms with E-state index >= 15 is 0 Å². The van der Waals surface area contributed by atoms with Crippen LogP contribution in [0.4, 0.5) is 4.39 Å². The summed E-state index contributed by atoms with van der Waals surface area (Å²) < 4.78 is 18.3. The summed E-state index contributed by atoms with van der Waals surface area (Å²) in [4.78, 5) is 0. The Hall–Kier alpha value is -1.13. The maximum absolute atomic E-state index is 12.9. The number of ether oxygens (including phenoxy) is 1. The molecule has 4 heteroatoms. The molecule has 2 N–H and O–H groups in total. The molecule has 0 heterocycles. The molecule has 0 bridgehead atoms. The summed E-state index contributed by atoms with van der Waals surface area (Å²) in [7, 11) is 0. The quantitative estimate of drug-likeness (QED) is 0.711. The first-order chi connectivity index (χ1) is 9.00. The van der Waals surface area contributed by atoms with Crippen LogP contribution in [0.25, 0.3) is 0 Å². The average Bonchev–Trinajstić information content (AvgIpc) is 2.32. The SMILES string of the molecule is CC(C)OCCCCNC(C)c1ccc(F)cc1O. The van der Waals surface area contributed by atoms with Gasteiger partial charge in [0, 0.05) is 24.3 Å². The van der Waals surface area contributed by atoms with Crippen LogP contribution in [0.5, 0.6) is 5.75 Å². The minimum Gasteiger partial charge on any atom is -0.508 e. The van der Waals surface area contributed by atoms with Gasteiger partial charge in [-0.3, -0.25) is 0 Å².